The summed E-state index contributed by atoms with van der Waals surface area (Å²) in [6.45, 7) is 6.06. The Kier molecular flexibility index (Phi) is 4.31. The first-order valence-electron chi connectivity index (χ1n) is 7.29. The standard InChI is InChI=1S/C16H23NO3/c1-16(2,3)13-9-11(15(18)19)10-14(17-13)20-12-7-5-4-6-8-12/h9-10,12H,4-8H2,1-3H3,(H,18,19). The second-order valence-corrected chi connectivity index (χ2v) is 6.51. The normalized spacial score (nSPS) is 16.9. The fraction of sp³-hybridized carbons (Fsp3) is 0.625. The van der Waals surface area contributed by atoms with Crippen molar-refractivity contribution in [1.82, 2.24) is 4.98 Å². The van der Waals surface area contributed by atoms with Crippen LogP contribution in [0.15, 0.2) is 12.1 Å². The molecule has 0 amide bonds. The molecule has 0 bridgehead atoms. The average molecular weight is 277 g/mol. The van der Waals surface area contributed by atoms with E-state index in [0.29, 0.717) is 5.88 Å². The summed E-state index contributed by atoms with van der Waals surface area (Å²) in [5.41, 5.74) is 0.801. The second-order valence-electron chi connectivity index (χ2n) is 6.51. The van der Waals surface area contributed by atoms with Crippen molar-refractivity contribution in [3.05, 3.63) is 23.4 Å². The number of carboxylic acids is 1. The molecule has 4 nitrogen and oxygen atoms in total. The first-order valence-corrected chi connectivity index (χ1v) is 7.29. The summed E-state index contributed by atoms with van der Waals surface area (Å²) in [6.07, 6.45) is 5.85. The molecule has 0 saturated heterocycles. The molecular weight excluding hydrogens is 254 g/mol. The van der Waals surface area contributed by atoms with Gasteiger partial charge in [-0.2, -0.15) is 0 Å². The summed E-state index contributed by atoms with van der Waals surface area (Å²) < 4.78 is 5.91. The summed E-state index contributed by atoms with van der Waals surface area (Å²) in [6, 6.07) is 3.17. The number of hydrogen-bond donors (Lipinski definition) is 1. The van der Waals surface area contributed by atoms with Gasteiger partial charge >= 0.3 is 5.97 Å². The van der Waals surface area contributed by atoms with Crippen molar-refractivity contribution < 1.29 is 14.6 Å². The minimum Gasteiger partial charge on any atom is -0.478 e. The maximum atomic E-state index is 11.2. The predicted molar refractivity (Wildman–Crippen MR) is 77.4 cm³/mol. The van der Waals surface area contributed by atoms with E-state index in [0.717, 1.165) is 18.5 Å². The molecular formula is C16H23NO3. The fourth-order valence-electron chi connectivity index (χ4n) is 2.43. The number of ether oxygens (including phenoxy) is 1. The predicted octanol–water partition coefficient (Wildman–Crippen LogP) is 3.79. The van der Waals surface area contributed by atoms with Crippen LogP contribution in [0.25, 0.3) is 0 Å². The number of aromatic nitrogens is 1. The number of nitrogens with zero attached hydrogens (tertiary/aromatic N) is 1. The number of hydrogen-bond acceptors (Lipinski definition) is 3. The molecule has 110 valence electrons. The van der Waals surface area contributed by atoms with E-state index in [1.54, 1.807) is 6.07 Å². The van der Waals surface area contributed by atoms with Gasteiger partial charge in [0.15, 0.2) is 0 Å². The highest BCUT2D eigenvalue weighted by atomic mass is 16.5. The van der Waals surface area contributed by atoms with Crippen LogP contribution in [0, 0.1) is 0 Å². The molecule has 2 rings (SSSR count). The lowest BCUT2D eigenvalue weighted by molar-refractivity contribution is 0.0695. The summed E-state index contributed by atoms with van der Waals surface area (Å²) in [5.74, 6) is -0.492. The third kappa shape index (κ3) is 3.71. The van der Waals surface area contributed by atoms with Crippen LogP contribution in [-0.4, -0.2) is 22.2 Å². The SMILES string of the molecule is CC(C)(C)c1cc(C(=O)O)cc(OC2CCCCC2)n1. The van der Waals surface area contributed by atoms with Gasteiger partial charge in [0.05, 0.1) is 11.3 Å². The third-order valence-electron chi connectivity index (χ3n) is 3.66. The van der Waals surface area contributed by atoms with Gasteiger partial charge in [-0.25, -0.2) is 9.78 Å². The Bertz CT molecular complexity index is 485. The first kappa shape index (κ1) is 14.8. The molecule has 1 aromatic heterocycles. The van der Waals surface area contributed by atoms with Crippen LogP contribution in [0.4, 0.5) is 0 Å². The molecule has 0 aliphatic heterocycles. The first-order chi connectivity index (χ1) is 9.36. The van der Waals surface area contributed by atoms with E-state index in [1.165, 1.54) is 25.3 Å². The molecule has 1 heterocycles. The Balaban J connectivity index is 2.26. The van der Waals surface area contributed by atoms with E-state index >= 15 is 0 Å². The molecule has 0 atom stereocenters. The molecule has 0 spiro atoms. The lowest BCUT2D eigenvalue weighted by atomic mass is 9.91. The lowest BCUT2D eigenvalue weighted by Crippen LogP contribution is -2.22. The Labute approximate surface area is 120 Å². The van der Waals surface area contributed by atoms with Crippen molar-refractivity contribution in [1.29, 1.82) is 0 Å². The number of pyridine rings is 1. The highest BCUT2D eigenvalue weighted by molar-refractivity contribution is 5.88. The van der Waals surface area contributed by atoms with Crippen molar-refractivity contribution in [2.45, 2.75) is 64.4 Å². The largest absolute Gasteiger partial charge is 0.478 e. The van der Waals surface area contributed by atoms with Crippen LogP contribution >= 0.6 is 0 Å². The molecule has 1 aromatic rings. The molecule has 0 aromatic carbocycles. The zero-order valence-corrected chi connectivity index (χ0v) is 12.5. The summed E-state index contributed by atoms with van der Waals surface area (Å²) >= 11 is 0. The maximum absolute atomic E-state index is 11.2. The minimum absolute atomic E-state index is 0.174. The smallest absolute Gasteiger partial charge is 0.335 e. The Morgan fingerprint density at radius 1 is 1.25 bits per heavy atom. The van der Waals surface area contributed by atoms with E-state index in [4.69, 9.17) is 4.74 Å². The maximum Gasteiger partial charge on any atom is 0.335 e. The topological polar surface area (TPSA) is 59.4 Å². The number of rotatable bonds is 3. The van der Waals surface area contributed by atoms with E-state index in [-0.39, 0.29) is 17.1 Å². The molecule has 1 aliphatic rings. The van der Waals surface area contributed by atoms with Crippen LogP contribution in [0.3, 0.4) is 0 Å². The Morgan fingerprint density at radius 3 is 2.45 bits per heavy atom. The molecule has 1 fully saturated rings. The van der Waals surface area contributed by atoms with Gasteiger partial charge in [-0.1, -0.05) is 27.2 Å². The minimum atomic E-state index is -0.939. The highest BCUT2D eigenvalue weighted by Crippen LogP contribution is 2.27. The summed E-state index contributed by atoms with van der Waals surface area (Å²) in [4.78, 5) is 15.7. The lowest BCUT2D eigenvalue weighted by Gasteiger charge is -2.24. The van der Waals surface area contributed by atoms with Crippen molar-refractivity contribution >= 4 is 5.97 Å². The average Bonchev–Trinajstić information content (AvgIpc) is 2.38. The zero-order valence-electron chi connectivity index (χ0n) is 12.5. The van der Waals surface area contributed by atoms with Gasteiger partial charge in [-0.05, 0) is 31.7 Å². The number of carboxylic acid groups (broad SMARTS) is 1. The third-order valence-corrected chi connectivity index (χ3v) is 3.66. The quantitative estimate of drug-likeness (QED) is 0.913. The molecule has 20 heavy (non-hydrogen) atoms. The summed E-state index contributed by atoms with van der Waals surface area (Å²) in [7, 11) is 0. The van der Waals surface area contributed by atoms with E-state index in [2.05, 4.69) is 4.98 Å². The van der Waals surface area contributed by atoms with Crippen molar-refractivity contribution in [2.24, 2.45) is 0 Å². The van der Waals surface area contributed by atoms with Crippen LogP contribution in [0.2, 0.25) is 0 Å². The van der Waals surface area contributed by atoms with Gasteiger partial charge in [0.2, 0.25) is 5.88 Å². The highest BCUT2D eigenvalue weighted by Gasteiger charge is 2.21. The molecule has 1 N–H and O–H groups in total. The molecule has 1 saturated carbocycles. The van der Waals surface area contributed by atoms with Gasteiger partial charge in [0.1, 0.15) is 6.10 Å². The zero-order chi connectivity index (χ0) is 14.8. The monoisotopic (exact) mass is 277 g/mol. The molecule has 4 heteroatoms. The van der Waals surface area contributed by atoms with Gasteiger partial charge in [-0.15, -0.1) is 0 Å². The van der Waals surface area contributed by atoms with E-state index < -0.39 is 5.97 Å². The number of aromatic carboxylic acids is 1. The van der Waals surface area contributed by atoms with Crippen molar-refractivity contribution in [3.63, 3.8) is 0 Å². The fourth-order valence-corrected chi connectivity index (χ4v) is 2.43. The van der Waals surface area contributed by atoms with Crippen molar-refractivity contribution in [3.8, 4) is 5.88 Å². The van der Waals surface area contributed by atoms with Gasteiger partial charge in [-0.3, -0.25) is 0 Å². The van der Waals surface area contributed by atoms with Crippen LogP contribution < -0.4 is 4.74 Å². The molecule has 0 unspecified atom stereocenters. The molecule has 0 radical (unpaired) electrons. The van der Waals surface area contributed by atoms with Crippen LogP contribution in [-0.2, 0) is 5.41 Å². The van der Waals surface area contributed by atoms with Crippen LogP contribution in [0.1, 0.15) is 68.9 Å². The second kappa shape index (κ2) is 5.81. The Morgan fingerprint density at radius 2 is 1.90 bits per heavy atom. The Hall–Kier alpha value is -1.58. The number of carbonyl (C=O) groups is 1. The van der Waals surface area contributed by atoms with Gasteiger partial charge < -0.3 is 9.84 Å². The van der Waals surface area contributed by atoms with E-state index in [1.807, 2.05) is 20.8 Å². The van der Waals surface area contributed by atoms with Crippen LogP contribution in [0.5, 0.6) is 5.88 Å². The van der Waals surface area contributed by atoms with E-state index in [9.17, 15) is 9.90 Å². The molecule has 1 aliphatic carbocycles. The summed E-state index contributed by atoms with van der Waals surface area (Å²) in [5, 5.41) is 9.22. The van der Waals surface area contributed by atoms with Crippen molar-refractivity contribution in [2.75, 3.05) is 0 Å². The van der Waals surface area contributed by atoms with Gasteiger partial charge in [0.25, 0.3) is 0 Å². The van der Waals surface area contributed by atoms with Gasteiger partial charge in [0, 0.05) is 11.5 Å².